The van der Waals surface area contributed by atoms with Gasteiger partial charge in [0.1, 0.15) is 17.0 Å². The first kappa shape index (κ1) is 12.8. The van der Waals surface area contributed by atoms with Crippen LogP contribution in [0.15, 0.2) is 6.33 Å². The zero-order chi connectivity index (χ0) is 13.4. The van der Waals surface area contributed by atoms with E-state index in [0.29, 0.717) is 12.5 Å². The van der Waals surface area contributed by atoms with Gasteiger partial charge in [-0.1, -0.05) is 0 Å². The van der Waals surface area contributed by atoms with Gasteiger partial charge >= 0.3 is 0 Å². The van der Waals surface area contributed by atoms with Gasteiger partial charge in [-0.3, -0.25) is 0 Å². The lowest BCUT2D eigenvalue weighted by Gasteiger charge is -2.32. The lowest BCUT2D eigenvalue weighted by molar-refractivity contribution is 0.203. The first-order valence-corrected chi connectivity index (χ1v) is 7.59. The van der Waals surface area contributed by atoms with Gasteiger partial charge in [0.2, 0.25) is 0 Å². The predicted octanol–water partition coefficient (Wildman–Crippen LogP) is 2.52. The summed E-state index contributed by atoms with van der Waals surface area (Å²) < 4.78 is 0. The van der Waals surface area contributed by atoms with Gasteiger partial charge in [-0.25, -0.2) is 9.97 Å². The minimum absolute atomic E-state index is 0.309. The fourth-order valence-electron chi connectivity index (χ4n) is 2.73. The van der Waals surface area contributed by atoms with Crippen LogP contribution in [0.5, 0.6) is 0 Å². The zero-order valence-corrected chi connectivity index (χ0v) is 12.2. The molecular formula is C14H19N3OS. The Labute approximate surface area is 117 Å². The SMILES string of the molecule is Cc1sc2ncnc(N3CCC(CO)CC3)c2c1C. The molecule has 1 saturated heterocycles. The number of hydrogen-bond acceptors (Lipinski definition) is 5. The van der Waals surface area contributed by atoms with Crippen LogP contribution in [0.25, 0.3) is 10.2 Å². The zero-order valence-electron chi connectivity index (χ0n) is 11.4. The molecular weight excluding hydrogens is 258 g/mol. The molecule has 0 spiro atoms. The Balaban J connectivity index is 1.97. The highest BCUT2D eigenvalue weighted by atomic mass is 32.1. The first-order valence-electron chi connectivity index (χ1n) is 6.77. The third-order valence-corrected chi connectivity index (χ3v) is 5.23. The maximum Gasteiger partial charge on any atom is 0.141 e. The number of anilines is 1. The number of hydrogen-bond donors (Lipinski definition) is 1. The number of aryl methyl sites for hydroxylation is 2. The second kappa shape index (κ2) is 5.06. The van der Waals surface area contributed by atoms with E-state index < -0.39 is 0 Å². The van der Waals surface area contributed by atoms with Crippen molar-refractivity contribution in [2.45, 2.75) is 26.7 Å². The number of aromatic nitrogens is 2. The smallest absolute Gasteiger partial charge is 0.141 e. The van der Waals surface area contributed by atoms with Crippen LogP contribution >= 0.6 is 11.3 Å². The van der Waals surface area contributed by atoms with E-state index in [9.17, 15) is 5.11 Å². The Kier molecular flexibility index (Phi) is 3.41. The Morgan fingerprint density at radius 2 is 2.05 bits per heavy atom. The molecule has 102 valence electrons. The van der Waals surface area contributed by atoms with Crippen molar-refractivity contribution in [3.05, 3.63) is 16.8 Å². The van der Waals surface area contributed by atoms with Crippen LogP contribution < -0.4 is 4.90 Å². The summed E-state index contributed by atoms with van der Waals surface area (Å²) in [5.41, 5.74) is 1.31. The summed E-state index contributed by atoms with van der Waals surface area (Å²) in [5.74, 6) is 1.53. The van der Waals surface area contributed by atoms with Crippen LogP contribution in [0.1, 0.15) is 23.3 Å². The molecule has 0 aromatic carbocycles. The van der Waals surface area contributed by atoms with Gasteiger partial charge in [-0.15, -0.1) is 11.3 Å². The third-order valence-electron chi connectivity index (χ3n) is 4.12. The van der Waals surface area contributed by atoms with Gasteiger partial charge in [0.15, 0.2) is 0 Å². The highest BCUT2D eigenvalue weighted by Crippen LogP contribution is 2.35. The van der Waals surface area contributed by atoms with Crippen molar-refractivity contribution < 1.29 is 5.11 Å². The molecule has 0 saturated carbocycles. The molecule has 19 heavy (non-hydrogen) atoms. The number of piperidine rings is 1. The van der Waals surface area contributed by atoms with E-state index >= 15 is 0 Å². The molecule has 2 aromatic rings. The van der Waals surface area contributed by atoms with E-state index in [1.54, 1.807) is 17.7 Å². The summed E-state index contributed by atoms with van der Waals surface area (Å²) in [5, 5.41) is 10.4. The average Bonchev–Trinajstić information content (AvgIpc) is 2.74. The molecule has 1 N–H and O–H groups in total. The normalized spacial score (nSPS) is 17.3. The van der Waals surface area contributed by atoms with E-state index in [1.807, 2.05) is 0 Å². The lowest BCUT2D eigenvalue weighted by atomic mass is 9.97. The number of thiophene rings is 1. The van der Waals surface area contributed by atoms with Crippen molar-refractivity contribution >= 4 is 27.4 Å². The monoisotopic (exact) mass is 277 g/mol. The molecule has 0 amide bonds. The fourth-order valence-corrected chi connectivity index (χ4v) is 3.72. The molecule has 0 radical (unpaired) electrons. The highest BCUT2D eigenvalue weighted by molar-refractivity contribution is 7.18. The minimum atomic E-state index is 0.309. The van der Waals surface area contributed by atoms with E-state index in [2.05, 4.69) is 28.7 Å². The number of fused-ring (bicyclic) bond motifs is 1. The van der Waals surface area contributed by atoms with Crippen molar-refractivity contribution in [3.63, 3.8) is 0 Å². The summed E-state index contributed by atoms with van der Waals surface area (Å²) in [7, 11) is 0. The molecule has 3 rings (SSSR count). The average molecular weight is 277 g/mol. The van der Waals surface area contributed by atoms with Crippen molar-refractivity contribution in [2.75, 3.05) is 24.6 Å². The summed E-state index contributed by atoms with van der Waals surface area (Å²) in [6, 6.07) is 0. The van der Waals surface area contributed by atoms with Crippen LogP contribution in [0, 0.1) is 19.8 Å². The Hall–Kier alpha value is -1.20. The van der Waals surface area contributed by atoms with Crippen molar-refractivity contribution in [2.24, 2.45) is 5.92 Å². The lowest BCUT2D eigenvalue weighted by Crippen LogP contribution is -2.35. The Morgan fingerprint density at radius 3 is 2.74 bits per heavy atom. The molecule has 0 atom stereocenters. The number of aliphatic hydroxyl groups is 1. The summed E-state index contributed by atoms with van der Waals surface area (Å²) in [4.78, 5) is 13.7. The minimum Gasteiger partial charge on any atom is -0.396 e. The Morgan fingerprint density at radius 1 is 1.32 bits per heavy atom. The fraction of sp³-hybridized carbons (Fsp3) is 0.571. The van der Waals surface area contributed by atoms with E-state index in [1.165, 1.54) is 15.8 Å². The van der Waals surface area contributed by atoms with Crippen molar-refractivity contribution in [1.82, 2.24) is 9.97 Å². The van der Waals surface area contributed by atoms with Gasteiger partial charge in [-0.05, 0) is 38.2 Å². The van der Waals surface area contributed by atoms with E-state index in [0.717, 1.165) is 36.6 Å². The van der Waals surface area contributed by atoms with Gasteiger partial charge in [-0.2, -0.15) is 0 Å². The van der Waals surface area contributed by atoms with Crippen molar-refractivity contribution in [3.8, 4) is 0 Å². The molecule has 5 heteroatoms. The van der Waals surface area contributed by atoms with Crippen LogP contribution in [-0.2, 0) is 0 Å². The molecule has 0 bridgehead atoms. The summed E-state index contributed by atoms with van der Waals surface area (Å²) >= 11 is 1.74. The highest BCUT2D eigenvalue weighted by Gasteiger charge is 2.22. The van der Waals surface area contributed by atoms with E-state index in [4.69, 9.17) is 0 Å². The molecule has 2 aromatic heterocycles. The van der Waals surface area contributed by atoms with Crippen LogP contribution in [-0.4, -0.2) is 34.8 Å². The first-order chi connectivity index (χ1) is 9.20. The molecule has 1 aliphatic rings. The molecule has 4 nitrogen and oxygen atoms in total. The van der Waals surface area contributed by atoms with Gasteiger partial charge in [0.25, 0.3) is 0 Å². The predicted molar refractivity (Wildman–Crippen MR) is 78.9 cm³/mol. The largest absolute Gasteiger partial charge is 0.396 e. The van der Waals surface area contributed by atoms with Crippen LogP contribution in [0.2, 0.25) is 0 Å². The molecule has 0 unspecified atom stereocenters. The molecule has 0 aliphatic carbocycles. The molecule has 1 aliphatic heterocycles. The second-order valence-electron chi connectivity index (χ2n) is 5.27. The number of nitrogens with zero attached hydrogens (tertiary/aromatic N) is 3. The molecule has 3 heterocycles. The van der Waals surface area contributed by atoms with Crippen LogP contribution in [0.4, 0.5) is 5.82 Å². The summed E-state index contributed by atoms with van der Waals surface area (Å²) in [6.45, 7) is 6.56. The van der Waals surface area contributed by atoms with E-state index in [-0.39, 0.29) is 0 Å². The third kappa shape index (κ3) is 2.21. The van der Waals surface area contributed by atoms with Gasteiger partial charge in [0.05, 0.1) is 5.39 Å². The summed E-state index contributed by atoms with van der Waals surface area (Å²) in [6.07, 6.45) is 3.76. The standard InChI is InChI=1S/C14H19N3OS/c1-9-10(2)19-14-12(9)13(15-8-16-14)17-5-3-11(7-18)4-6-17/h8,11,18H,3-7H2,1-2H3. The quantitative estimate of drug-likeness (QED) is 0.916. The van der Waals surface area contributed by atoms with Crippen molar-refractivity contribution in [1.29, 1.82) is 0 Å². The maximum atomic E-state index is 9.22. The van der Waals surface area contributed by atoms with Crippen LogP contribution in [0.3, 0.4) is 0 Å². The second-order valence-corrected chi connectivity index (χ2v) is 6.48. The Bertz CT molecular complexity index is 588. The maximum absolute atomic E-state index is 9.22. The topological polar surface area (TPSA) is 49.2 Å². The van der Waals surface area contributed by atoms with Gasteiger partial charge < -0.3 is 10.0 Å². The number of aliphatic hydroxyl groups excluding tert-OH is 1. The van der Waals surface area contributed by atoms with Gasteiger partial charge in [0, 0.05) is 24.6 Å². The number of rotatable bonds is 2. The molecule has 1 fully saturated rings.